The van der Waals surface area contributed by atoms with Gasteiger partial charge in [-0.1, -0.05) is 23.7 Å². The number of amides is 1. The molecule has 0 radical (unpaired) electrons. The average Bonchev–Trinajstić information content (AvgIpc) is 2.40. The molecule has 0 fully saturated rings. The van der Waals surface area contributed by atoms with Gasteiger partial charge in [-0.2, -0.15) is 0 Å². The third-order valence-corrected chi connectivity index (χ3v) is 3.44. The first-order chi connectivity index (χ1) is 9.49. The van der Waals surface area contributed by atoms with Crippen molar-refractivity contribution in [2.45, 2.75) is 13.5 Å². The van der Waals surface area contributed by atoms with Gasteiger partial charge < -0.3 is 16.8 Å². The zero-order valence-corrected chi connectivity index (χ0v) is 11.9. The predicted molar refractivity (Wildman–Crippen MR) is 82.9 cm³/mol. The fraction of sp³-hybridized carbons (Fsp3) is 0.133. The lowest BCUT2D eigenvalue weighted by atomic mass is 10.1. The molecule has 0 spiro atoms. The summed E-state index contributed by atoms with van der Waals surface area (Å²) in [6.45, 7) is 2.50. The molecule has 0 aliphatic heterocycles. The van der Waals surface area contributed by atoms with Crippen LogP contribution >= 0.6 is 11.6 Å². The molecule has 20 heavy (non-hydrogen) atoms. The summed E-state index contributed by atoms with van der Waals surface area (Å²) in [6, 6.07) is 10.7. The molecule has 104 valence electrons. The summed E-state index contributed by atoms with van der Waals surface area (Å²) in [7, 11) is 0. The third kappa shape index (κ3) is 3.03. The molecular weight excluding hydrogens is 274 g/mol. The van der Waals surface area contributed by atoms with E-state index in [1.165, 1.54) is 0 Å². The number of benzene rings is 2. The van der Waals surface area contributed by atoms with Crippen LogP contribution in [0.1, 0.15) is 21.5 Å². The van der Waals surface area contributed by atoms with Crippen LogP contribution in [0.5, 0.6) is 0 Å². The molecule has 2 aromatic rings. The Balaban J connectivity index is 2.24. The Kier molecular flexibility index (Phi) is 4.15. The Bertz CT molecular complexity index is 656. The van der Waals surface area contributed by atoms with E-state index in [0.29, 0.717) is 22.8 Å². The molecule has 0 aliphatic carbocycles. The van der Waals surface area contributed by atoms with E-state index in [4.69, 9.17) is 23.1 Å². The van der Waals surface area contributed by atoms with Crippen LogP contribution in [0.4, 0.5) is 11.4 Å². The van der Waals surface area contributed by atoms with Crippen molar-refractivity contribution in [2.75, 3.05) is 11.1 Å². The minimum atomic E-state index is -0.492. The standard InChI is InChI=1S/C15H16ClN3O/c1-9-10(3-2-4-13(9)17)8-19-14-7-11(16)5-6-12(14)15(18)20/h2-7,19H,8,17H2,1H3,(H2,18,20). The van der Waals surface area contributed by atoms with Crippen molar-refractivity contribution in [3.8, 4) is 0 Å². The first-order valence-electron chi connectivity index (χ1n) is 6.16. The molecular formula is C15H16ClN3O. The molecule has 1 amide bonds. The Labute approximate surface area is 122 Å². The van der Waals surface area contributed by atoms with Crippen molar-refractivity contribution >= 4 is 28.9 Å². The van der Waals surface area contributed by atoms with Crippen molar-refractivity contribution in [1.82, 2.24) is 0 Å². The summed E-state index contributed by atoms with van der Waals surface area (Å²) >= 11 is 5.95. The van der Waals surface area contributed by atoms with Gasteiger partial charge in [-0.05, 0) is 42.3 Å². The van der Waals surface area contributed by atoms with Gasteiger partial charge in [-0.15, -0.1) is 0 Å². The van der Waals surface area contributed by atoms with Gasteiger partial charge in [0.15, 0.2) is 0 Å². The van der Waals surface area contributed by atoms with E-state index in [9.17, 15) is 4.79 Å². The van der Waals surface area contributed by atoms with Crippen LogP contribution in [0.15, 0.2) is 36.4 Å². The SMILES string of the molecule is Cc1c(N)cccc1CNc1cc(Cl)ccc1C(N)=O. The molecule has 0 saturated carbocycles. The quantitative estimate of drug-likeness (QED) is 0.757. The highest BCUT2D eigenvalue weighted by Gasteiger charge is 2.09. The van der Waals surface area contributed by atoms with Gasteiger partial charge in [-0.3, -0.25) is 4.79 Å². The normalized spacial score (nSPS) is 10.3. The van der Waals surface area contributed by atoms with E-state index >= 15 is 0 Å². The van der Waals surface area contributed by atoms with Crippen LogP contribution in [0.2, 0.25) is 5.02 Å². The number of carbonyl (C=O) groups excluding carboxylic acids is 1. The van der Waals surface area contributed by atoms with E-state index < -0.39 is 5.91 Å². The van der Waals surface area contributed by atoms with Crippen LogP contribution < -0.4 is 16.8 Å². The number of nitrogen functional groups attached to an aromatic ring is 1. The molecule has 5 N–H and O–H groups in total. The lowest BCUT2D eigenvalue weighted by molar-refractivity contribution is 0.100. The summed E-state index contributed by atoms with van der Waals surface area (Å²) in [5, 5.41) is 3.72. The number of nitrogens with two attached hydrogens (primary N) is 2. The van der Waals surface area contributed by atoms with Crippen LogP contribution in [0.25, 0.3) is 0 Å². The van der Waals surface area contributed by atoms with Gasteiger partial charge in [0.1, 0.15) is 0 Å². The van der Waals surface area contributed by atoms with E-state index in [2.05, 4.69) is 5.32 Å². The molecule has 5 heteroatoms. The summed E-state index contributed by atoms with van der Waals surface area (Å²) in [4.78, 5) is 11.4. The van der Waals surface area contributed by atoms with Gasteiger partial charge in [-0.25, -0.2) is 0 Å². The highest BCUT2D eigenvalue weighted by Crippen LogP contribution is 2.23. The number of anilines is 2. The zero-order chi connectivity index (χ0) is 14.7. The number of hydrogen-bond acceptors (Lipinski definition) is 3. The number of primary amides is 1. The second-order valence-corrected chi connectivity index (χ2v) is 4.98. The van der Waals surface area contributed by atoms with Gasteiger partial charge in [0.05, 0.1) is 5.56 Å². The molecule has 0 unspecified atom stereocenters. The number of halogens is 1. The van der Waals surface area contributed by atoms with Crippen LogP contribution in [0, 0.1) is 6.92 Å². The topological polar surface area (TPSA) is 81.1 Å². The second-order valence-electron chi connectivity index (χ2n) is 4.54. The van der Waals surface area contributed by atoms with Gasteiger partial charge in [0.2, 0.25) is 0 Å². The molecule has 0 atom stereocenters. The highest BCUT2D eigenvalue weighted by atomic mass is 35.5. The van der Waals surface area contributed by atoms with E-state index in [1.54, 1.807) is 18.2 Å². The van der Waals surface area contributed by atoms with Gasteiger partial charge >= 0.3 is 0 Å². The van der Waals surface area contributed by atoms with Gasteiger partial charge in [0.25, 0.3) is 5.91 Å². The lowest BCUT2D eigenvalue weighted by Gasteiger charge is -2.13. The van der Waals surface area contributed by atoms with E-state index in [0.717, 1.165) is 16.8 Å². The molecule has 4 nitrogen and oxygen atoms in total. The van der Waals surface area contributed by atoms with Crippen molar-refractivity contribution in [1.29, 1.82) is 0 Å². The number of hydrogen-bond donors (Lipinski definition) is 3. The summed E-state index contributed by atoms with van der Waals surface area (Å²) in [5.41, 5.74) is 15.1. The van der Waals surface area contributed by atoms with Crippen LogP contribution in [0.3, 0.4) is 0 Å². The summed E-state index contributed by atoms with van der Waals surface area (Å²) in [6.07, 6.45) is 0. The number of nitrogens with one attached hydrogen (secondary N) is 1. The Morgan fingerprint density at radius 2 is 2.05 bits per heavy atom. The summed E-state index contributed by atoms with van der Waals surface area (Å²) < 4.78 is 0. The maximum absolute atomic E-state index is 11.4. The smallest absolute Gasteiger partial charge is 0.250 e. The molecule has 2 aromatic carbocycles. The molecule has 2 rings (SSSR count). The van der Waals surface area contributed by atoms with Crippen LogP contribution in [-0.2, 0) is 6.54 Å². The number of carbonyl (C=O) groups is 1. The Hall–Kier alpha value is -2.20. The monoisotopic (exact) mass is 289 g/mol. The maximum Gasteiger partial charge on any atom is 0.250 e. The van der Waals surface area contributed by atoms with Crippen molar-refractivity contribution in [2.24, 2.45) is 5.73 Å². The van der Waals surface area contributed by atoms with Crippen LogP contribution in [-0.4, -0.2) is 5.91 Å². The maximum atomic E-state index is 11.4. The lowest BCUT2D eigenvalue weighted by Crippen LogP contribution is -2.14. The molecule has 0 saturated heterocycles. The summed E-state index contributed by atoms with van der Waals surface area (Å²) in [5.74, 6) is -0.492. The Morgan fingerprint density at radius 3 is 2.75 bits per heavy atom. The minimum Gasteiger partial charge on any atom is -0.399 e. The first kappa shape index (κ1) is 14.2. The van der Waals surface area contributed by atoms with E-state index in [1.807, 2.05) is 25.1 Å². The fourth-order valence-corrected chi connectivity index (χ4v) is 2.13. The van der Waals surface area contributed by atoms with E-state index in [-0.39, 0.29) is 0 Å². The second kappa shape index (κ2) is 5.84. The fourth-order valence-electron chi connectivity index (χ4n) is 1.96. The van der Waals surface area contributed by atoms with Crippen molar-refractivity contribution < 1.29 is 4.79 Å². The van der Waals surface area contributed by atoms with Gasteiger partial charge in [0, 0.05) is 22.9 Å². The zero-order valence-electron chi connectivity index (χ0n) is 11.1. The molecule has 0 heterocycles. The largest absolute Gasteiger partial charge is 0.399 e. The average molecular weight is 290 g/mol. The molecule has 0 aliphatic rings. The molecule has 0 bridgehead atoms. The number of rotatable bonds is 4. The predicted octanol–water partition coefficient (Wildman–Crippen LogP) is 2.94. The minimum absolute atomic E-state index is 0.413. The first-order valence-corrected chi connectivity index (χ1v) is 6.54. The highest BCUT2D eigenvalue weighted by molar-refractivity contribution is 6.31. The van der Waals surface area contributed by atoms with Crippen molar-refractivity contribution in [3.63, 3.8) is 0 Å². The third-order valence-electron chi connectivity index (χ3n) is 3.20. The Morgan fingerprint density at radius 1 is 1.30 bits per heavy atom. The van der Waals surface area contributed by atoms with Crippen molar-refractivity contribution in [3.05, 3.63) is 58.1 Å². The molecule has 0 aromatic heterocycles.